The van der Waals surface area contributed by atoms with Crippen LogP contribution in [-0.4, -0.2) is 9.97 Å². The van der Waals surface area contributed by atoms with Crippen molar-refractivity contribution < 1.29 is 42.8 Å². The normalized spacial score (nSPS) is 18.6. The summed E-state index contributed by atoms with van der Waals surface area (Å²) in [5, 5.41) is -0.495. The molecule has 0 aliphatic carbocycles. The molecule has 0 spiro atoms. The summed E-state index contributed by atoms with van der Waals surface area (Å²) in [5.74, 6) is 0. The molecule has 0 amide bonds. The van der Waals surface area contributed by atoms with Crippen molar-refractivity contribution >= 4 is 53.6 Å². The third-order valence-electron chi connectivity index (χ3n) is 8.71. The molecule has 0 aliphatic heterocycles. The third-order valence-corrected chi connectivity index (χ3v) is 9.84. The maximum atomic E-state index is 9.73. The number of hydrogen-bond acceptors (Lipinski definition) is 4. The molecule has 56 heavy (non-hydrogen) atoms. The van der Waals surface area contributed by atoms with Crippen molar-refractivity contribution in [3.05, 3.63) is 194 Å². The van der Waals surface area contributed by atoms with Crippen LogP contribution in [0.25, 0.3) is 109 Å². The predicted octanol–water partition coefficient (Wildman–Crippen LogP) is 14.7. The summed E-state index contributed by atoms with van der Waals surface area (Å²) in [6.07, 6.45) is 1.03. The first kappa shape index (κ1) is 14.8. The number of aromatic nitrogens is 2. The minimum atomic E-state index is -0.927. The third kappa shape index (κ3) is 5.58. The first-order valence-corrected chi connectivity index (χ1v) is 17.3. The molecule has 0 saturated heterocycles. The Kier molecular flexibility index (Phi) is 3.53. The smallest absolute Gasteiger partial charge is 0.180 e. The number of hydrogen-bond donors (Lipinski definition) is 0. The van der Waals surface area contributed by atoms with Crippen LogP contribution in [0.15, 0.2) is 198 Å². The van der Waals surface area contributed by atoms with Crippen molar-refractivity contribution in [2.75, 3.05) is 0 Å². The zero-order valence-electron chi connectivity index (χ0n) is 56.0. The molecule has 0 N–H and O–H groups in total. The molecule has 3 heterocycles. The van der Waals surface area contributed by atoms with Gasteiger partial charge in [-0.05, 0) is 85.9 Å². The lowest BCUT2D eigenvalue weighted by Gasteiger charge is -2.07. The van der Waals surface area contributed by atoms with Gasteiger partial charge in [-0.2, -0.15) is 0 Å². The molecule has 0 saturated carbocycles. The molecular formula is C52H32N2OS. The Labute approximate surface area is 367 Å². The lowest BCUT2D eigenvalue weighted by Crippen LogP contribution is -1.88. The Morgan fingerprint density at radius 2 is 1.04 bits per heavy atom. The highest BCUT2D eigenvalue weighted by Gasteiger charge is 2.18. The van der Waals surface area contributed by atoms with Crippen LogP contribution >= 0.6 is 11.3 Å². The summed E-state index contributed by atoms with van der Waals surface area (Å²) in [6, 6.07) is -17.6. The summed E-state index contributed by atoms with van der Waals surface area (Å²) < 4.78 is 253. The molecular weight excluding hydrogens is 701 g/mol. The van der Waals surface area contributed by atoms with Gasteiger partial charge in [0.05, 0.1) is 38.4 Å². The maximum absolute atomic E-state index is 9.73. The average molecular weight is 761 g/mol. The Hall–Kier alpha value is -7.14. The maximum Gasteiger partial charge on any atom is 0.180 e. The van der Waals surface area contributed by atoms with E-state index in [9.17, 15) is 8.22 Å². The minimum absolute atomic E-state index is 0.00295. The second-order valence-corrected chi connectivity index (χ2v) is 13.0. The fourth-order valence-corrected chi connectivity index (χ4v) is 7.19. The van der Waals surface area contributed by atoms with Crippen LogP contribution in [0.1, 0.15) is 38.4 Å². The van der Waals surface area contributed by atoms with Crippen molar-refractivity contribution in [2.45, 2.75) is 0 Å². The van der Waals surface area contributed by atoms with Crippen LogP contribution in [0.5, 0.6) is 0 Å². The Morgan fingerprint density at radius 1 is 0.446 bits per heavy atom. The summed E-state index contributed by atoms with van der Waals surface area (Å²) in [4.78, 5) is 8.72. The van der Waals surface area contributed by atoms with E-state index in [0.717, 1.165) is 6.33 Å². The van der Waals surface area contributed by atoms with E-state index in [1.807, 2.05) is 0 Å². The van der Waals surface area contributed by atoms with Crippen molar-refractivity contribution in [1.82, 2.24) is 9.97 Å². The second kappa shape index (κ2) is 13.3. The molecule has 0 fully saturated rings. The molecule has 4 heteroatoms. The number of benzene rings is 8. The molecule has 11 aromatic rings. The molecule has 262 valence electrons. The van der Waals surface area contributed by atoms with Gasteiger partial charge < -0.3 is 4.42 Å². The van der Waals surface area contributed by atoms with Gasteiger partial charge >= 0.3 is 0 Å². The second-order valence-electron chi connectivity index (χ2n) is 12.0. The summed E-state index contributed by atoms with van der Waals surface area (Å²) in [7, 11) is 0. The molecule has 0 radical (unpaired) electrons. The van der Waals surface area contributed by atoms with E-state index in [4.69, 9.17) is 34.6 Å². The largest absolute Gasteiger partial charge is 0.452 e. The Bertz CT molecular complexity index is 4780. The standard InChI is InChI=1S/C52H32N2OS/c1-3-9-33(10-4-1)35-17-21-37(22-18-35)39-25-27-47-46(31-39)50-51(55-47)49(53-32-54-50)42-14-7-13-41(29-42)43-15-8-16-44-45-30-40(26-28-48(45)56-52(43)44)38-23-19-36(20-24-38)34-11-5-2-6-12-34/h1-32H/i1D,2D,3D,4D,5D,6D,7D,8D,9D,10D,11D,12D,13D,14D,15D,16D,17D,18D,19D,20D,21D,22D,23D,24D,26D,28D,29D,30D. The first-order valence-electron chi connectivity index (χ1n) is 30.5. The lowest BCUT2D eigenvalue weighted by molar-refractivity contribution is 0.667. The van der Waals surface area contributed by atoms with E-state index in [1.165, 1.54) is 18.2 Å². The van der Waals surface area contributed by atoms with E-state index >= 15 is 0 Å². The number of nitrogens with zero attached hydrogens (tertiary/aromatic N) is 2. The minimum Gasteiger partial charge on any atom is -0.452 e. The van der Waals surface area contributed by atoms with E-state index < -0.39 is 219 Å². The average Bonchev–Trinajstić information content (AvgIpc) is 1.52. The highest BCUT2D eigenvalue weighted by molar-refractivity contribution is 7.26. The first-order chi connectivity index (χ1) is 39.4. The zero-order chi connectivity index (χ0) is 61.4. The molecule has 3 nitrogen and oxygen atoms in total. The van der Waals surface area contributed by atoms with E-state index in [2.05, 4.69) is 9.97 Å². The molecule has 0 bridgehead atoms. The van der Waals surface area contributed by atoms with Gasteiger partial charge in [0.15, 0.2) is 5.58 Å². The quantitative estimate of drug-likeness (QED) is 0.169. The fourth-order valence-electron chi connectivity index (χ4n) is 6.11. The Morgan fingerprint density at radius 3 is 1.75 bits per heavy atom. The molecule has 0 unspecified atom stereocenters. The van der Waals surface area contributed by atoms with Gasteiger partial charge in [-0.25, -0.2) is 9.97 Å². The van der Waals surface area contributed by atoms with Crippen LogP contribution in [0.2, 0.25) is 0 Å². The van der Waals surface area contributed by atoms with E-state index in [-0.39, 0.29) is 59.1 Å². The molecule has 8 aromatic carbocycles. The number of fused-ring (bicyclic) bond motifs is 6. The number of furan rings is 1. The number of rotatable bonds is 6. The van der Waals surface area contributed by atoms with Gasteiger partial charge in [-0.3, -0.25) is 0 Å². The van der Waals surface area contributed by atoms with Gasteiger partial charge in [0.25, 0.3) is 0 Å². The SMILES string of the molecule is [2H]c1c([2H])c([2H])c(-c2c([2H])c([2H])c(-c3ccc4oc5c(-c6c([2H])c([2H])c([2H])c(-c7c([2H])c([2H])c([2H])c8c7sc7c([2H])c([2H])c(-c9c([2H])c([2H])c(-c%10c([2H])c([2H])c([2H])c([2H])c%10[2H])c([2H])c9[2H])c([2H])c78)c6[2H])ncnc5c4c3)c([2H])c2[2H])c([2H])c1[2H]. The van der Waals surface area contributed by atoms with Crippen LogP contribution in [0, 0.1) is 0 Å². The van der Waals surface area contributed by atoms with Gasteiger partial charge in [-0.15, -0.1) is 11.3 Å². The highest BCUT2D eigenvalue weighted by Crippen LogP contribution is 2.43. The van der Waals surface area contributed by atoms with Gasteiger partial charge in [0, 0.05) is 31.1 Å². The van der Waals surface area contributed by atoms with Crippen LogP contribution < -0.4 is 0 Å². The topological polar surface area (TPSA) is 38.9 Å². The van der Waals surface area contributed by atoms with Crippen molar-refractivity contribution in [3.8, 4) is 66.9 Å². The molecule has 3 aromatic heterocycles. The molecule has 0 atom stereocenters. The van der Waals surface area contributed by atoms with Crippen molar-refractivity contribution in [2.24, 2.45) is 0 Å². The lowest BCUT2D eigenvalue weighted by atomic mass is 9.97. The number of thiophene rings is 1. The Balaban J connectivity index is 1.11. The van der Waals surface area contributed by atoms with Crippen molar-refractivity contribution in [3.63, 3.8) is 0 Å². The zero-order valence-corrected chi connectivity index (χ0v) is 28.8. The van der Waals surface area contributed by atoms with E-state index in [1.54, 1.807) is 0 Å². The predicted molar refractivity (Wildman–Crippen MR) is 235 cm³/mol. The molecule has 0 aliphatic rings. The van der Waals surface area contributed by atoms with E-state index in [0.29, 0.717) is 11.3 Å². The van der Waals surface area contributed by atoms with Crippen molar-refractivity contribution in [1.29, 1.82) is 0 Å². The van der Waals surface area contributed by atoms with Crippen LogP contribution in [-0.2, 0) is 0 Å². The summed E-state index contributed by atoms with van der Waals surface area (Å²) in [5.41, 5.74) is -5.78. The van der Waals surface area contributed by atoms with Gasteiger partial charge in [-0.1, -0.05) is 157 Å². The highest BCUT2D eigenvalue weighted by atomic mass is 32.1. The van der Waals surface area contributed by atoms with Crippen LogP contribution in [0.4, 0.5) is 0 Å². The summed E-state index contributed by atoms with van der Waals surface area (Å²) >= 11 is 0.622. The van der Waals surface area contributed by atoms with Gasteiger partial charge in [0.2, 0.25) is 0 Å². The summed E-state index contributed by atoms with van der Waals surface area (Å²) in [6.45, 7) is 0. The fraction of sp³-hybridized carbons (Fsp3) is 0. The van der Waals surface area contributed by atoms with Gasteiger partial charge in [0.1, 0.15) is 23.1 Å². The monoisotopic (exact) mass is 760 g/mol. The van der Waals surface area contributed by atoms with Crippen LogP contribution in [0.3, 0.4) is 0 Å². The molecule has 11 rings (SSSR count).